The summed E-state index contributed by atoms with van der Waals surface area (Å²) in [6, 6.07) is 5.11. The van der Waals surface area contributed by atoms with E-state index in [9.17, 15) is 9.90 Å². The van der Waals surface area contributed by atoms with E-state index in [2.05, 4.69) is 15.9 Å². The van der Waals surface area contributed by atoms with Gasteiger partial charge in [-0.2, -0.15) is 0 Å². The van der Waals surface area contributed by atoms with Crippen LogP contribution in [0.3, 0.4) is 0 Å². The van der Waals surface area contributed by atoms with E-state index in [4.69, 9.17) is 5.73 Å². The molecule has 1 aromatic rings. The van der Waals surface area contributed by atoms with Crippen LogP contribution in [0.5, 0.6) is 0 Å². The number of hydrogen-bond acceptors (Lipinski definition) is 3. The van der Waals surface area contributed by atoms with Crippen molar-refractivity contribution >= 4 is 27.5 Å². The fraction of sp³-hybridized carbons (Fsp3) is 0.364. The number of carbonyl (C=O) groups is 1. The first kappa shape index (κ1) is 11.4. The Balaban J connectivity index is 2.18. The van der Waals surface area contributed by atoms with E-state index >= 15 is 0 Å². The second kappa shape index (κ2) is 4.43. The molecule has 0 aromatic heterocycles. The number of carbonyl (C=O) groups excluding carboxylic acids is 1. The Morgan fingerprint density at radius 3 is 2.88 bits per heavy atom. The van der Waals surface area contributed by atoms with Gasteiger partial charge in [-0.1, -0.05) is 0 Å². The number of nitrogens with two attached hydrogens (primary N) is 1. The zero-order chi connectivity index (χ0) is 11.7. The predicted octanol–water partition coefficient (Wildman–Crippen LogP) is 1.24. The molecule has 0 saturated carbocycles. The lowest BCUT2D eigenvalue weighted by molar-refractivity contribution is 0.0765. The Morgan fingerprint density at radius 1 is 1.56 bits per heavy atom. The molecule has 1 saturated heterocycles. The molecule has 0 bridgehead atoms. The first-order valence-corrected chi connectivity index (χ1v) is 5.89. The molecule has 2 rings (SSSR count). The van der Waals surface area contributed by atoms with E-state index in [1.807, 2.05) is 0 Å². The lowest BCUT2D eigenvalue weighted by atomic mass is 10.2. The second-order valence-corrected chi connectivity index (χ2v) is 4.78. The van der Waals surface area contributed by atoms with Gasteiger partial charge >= 0.3 is 0 Å². The summed E-state index contributed by atoms with van der Waals surface area (Å²) < 4.78 is 0.720. The van der Waals surface area contributed by atoms with E-state index in [-0.39, 0.29) is 12.0 Å². The highest BCUT2D eigenvalue weighted by atomic mass is 79.9. The van der Waals surface area contributed by atoms with Gasteiger partial charge in [-0.05, 0) is 40.5 Å². The minimum absolute atomic E-state index is 0.0581. The summed E-state index contributed by atoms with van der Waals surface area (Å²) in [5.74, 6) is -0.0581. The summed E-state index contributed by atoms with van der Waals surface area (Å²) in [6.45, 7) is 1.03. The first-order chi connectivity index (χ1) is 7.58. The summed E-state index contributed by atoms with van der Waals surface area (Å²) in [4.78, 5) is 13.7. The van der Waals surface area contributed by atoms with Gasteiger partial charge in [-0.25, -0.2) is 0 Å². The molecule has 1 fully saturated rings. The third kappa shape index (κ3) is 2.20. The minimum Gasteiger partial charge on any atom is -0.398 e. The Hall–Kier alpha value is -1.07. The number of amides is 1. The molecule has 1 aromatic carbocycles. The SMILES string of the molecule is Nc1ccc(C(=O)N2CC[C@@H](O)C2)cc1Br. The fourth-order valence-corrected chi connectivity index (χ4v) is 2.15. The van der Waals surface area contributed by atoms with Crippen molar-refractivity contribution in [1.29, 1.82) is 0 Å². The Bertz CT molecular complexity index is 422. The van der Waals surface area contributed by atoms with Crippen molar-refractivity contribution in [3.05, 3.63) is 28.2 Å². The second-order valence-electron chi connectivity index (χ2n) is 3.93. The summed E-state index contributed by atoms with van der Waals surface area (Å²) in [7, 11) is 0. The number of aliphatic hydroxyl groups is 1. The summed E-state index contributed by atoms with van der Waals surface area (Å²) in [5, 5.41) is 9.37. The quantitative estimate of drug-likeness (QED) is 0.763. The molecule has 0 radical (unpaired) electrons. The number of aliphatic hydroxyl groups excluding tert-OH is 1. The van der Waals surface area contributed by atoms with Crippen LogP contribution < -0.4 is 5.73 Å². The molecule has 1 aliphatic heterocycles. The number of nitrogen functional groups attached to an aromatic ring is 1. The van der Waals surface area contributed by atoms with Crippen LogP contribution >= 0.6 is 15.9 Å². The molecule has 0 spiro atoms. The molecule has 1 amide bonds. The molecule has 86 valence electrons. The third-order valence-electron chi connectivity index (χ3n) is 2.70. The van der Waals surface area contributed by atoms with Crippen LogP contribution in [0.1, 0.15) is 16.8 Å². The standard InChI is InChI=1S/C11H13BrN2O2/c12-9-5-7(1-2-10(9)13)11(16)14-4-3-8(15)6-14/h1-2,5,8,15H,3-4,6,13H2/t8-/m1/s1. The molecule has 1 aliphatic rings. The van der Waals surface area contributed by atoms with Crippen LogP contribution in [-0.2, 0) is 0 Å². The number of β-amino-alcohol motifs (C(OH)–C–C–N with tert-alkyl or cyclic N) is 1. The van der Waals surface area contributed by atoms with Gasteiger partial charge < -0.3 is 15.7 Å². The van der Waals surface area contributed by atoms with Gasteiger partial charge in [0.15, 0.2) is 0 Å². The zero-order valence-corrected chi connectivity index (χ0v) is 10.3. The molecule has 1 heterocycles. The monoisotopic (exact) mass is 284 g/mol. The highest BCUT2D eigenvalue weighted by molar-refractivity contribution is 9.10. The number of anilines is 1. The number of likely N-dealkylation sites (tertiary alicyclic amines) is 1. The van der Waals surface area contributed by atoms with Gasteiger partial charge in [0.1, 0.15) is 0 Å². The predicted molar refractivity (Wildman–Crippen MR) is 65.1 cm³/mol. The lowest BCUT2D eigenvalue weighted by Gasteiger charge is -2.15. The average Bonchev–Trinajstić information content (AvgIpc) is 2.68. The number of nitrogens with zero attached hydrogens (tertiary/aromatic N) is 1. The van der Waals surface area contributed by atoms with Gasteiger partial charge in [-0.15, -0.1) is 0 Å². The van der Waals surface area contributed by atoms with Crippen molar-refractivity contribution < 1.29 is 9.90 Å². The molecular weight excluding hydrogens is 272 g/mol. The maximum Gasteiger partial charge on any atom is 0.253 e. The maximum atomic E-state index is 12.0. The van der Waals surface area contributed by atoms with Crippen molar-refractivity contribution in [1.82, 2.24) is 4.90 Å². The molecule has 0 unspecified atom stereocenters. The van der Waals surface area contributed by atoms with E-state index in [0.29, 0.717) is 30.8 Å². The third-order valence-corrected chi connectivity index (χ3v) is 3.38. The van der Waals surface area contributed by atoms with E-state index < -0.39 is 0 Å². The maximum absolute atomic E-state index is 12.0. The number of benzene rings is 1. The van der Waals surface area contributed by atoms with Gasteiger partial charge in [0.25, 0.3) is 5.91 Å². The van der Waals surface area contributed by atoms with Crippen LogP contribution in [0, 0.1) is 0 Å². The van der Waals surface area contributed by atoms with Crippen LogP contribution in [0.15, 0.2) is 22.7 Å². The largest absolute Gasteiger partial charge is 0.398 e. The van der Waals surface area contributed by atoms with Gasteiger partial charge in [0.2, 0.25) is 0 Å². The highest BCUT2D eigenvalue weighted by Gasteiger charge is 2.25. The summed E-state index contributed by atoms with van der Waals surface area (Å²) in [6.07, 6.45) is 0.267. The van der Waals surface area contributed by atoms with Crippen molar-refractivity contribution in [3.63, 3.8) is 0 Å². The van der Waals surface area contributed by atoms with Crippen molar-refractivity contribution in [2.24, 2.45) is 0 Å². The first-order valence-electron chi connectivity index (χ1n) is 5.10. The molecule has 5 heteroatoms. The van der Waals surface area contributed by atoms with Crippen LogP contribution in [-0.4, -0.2) is 35.1 Å². The smallest absolute Gasteiger partial charge is 0.253 e. The van der Waals surface area contributed by atoms with Crippen molar-refractivity contribution in [2.75, 3.05) is 18.8 Å². The van der Waals surface area contributed by atoms with E-state index in [1.165, 1.54) is 0 Å². The Kier molecular flexibility index (Phi) is 3.16. The highest BCUT2D eigenvalue weighted by Crippen LogP contribution is 2.22. The number of rotatable bonds is 1. The summed E-state index contributed by atoms with van der Waals surface area (Å²) in [5.41, 5.74) is 6.85. The fourth-order valence-electron chi connectivity index (χ4n) is 1.77. The van der Waals surface area contributed by atoms with Crippen molar-refractivity contribution in [2.45, 2.75) is 12.5 Å². The topological polar surface area (TPSA) is 66.6 Å². The average molecular weight is 285 g/mol. The summed E-state index contributed by atoms with van der Waals surface area (Å²) >= 11 is 3.29. The molecular formula is C11H13BrN2O2. The van der Waals surface area contributed by atoms with Gasteiger partial charge in [0.05, 0.1) is 6.10 Å². The molecule has 0 aliphatic carbocycles. The number of hydrogen-bond donors (Lipinski definition) is 2. The van der Waals surface area contributed by atoms with E-state index in [0.717, 1.165) is 4.47 Å². The van der Waals surface area contributed by atoms with Crippen molar-refractivity contribution in [3.8, 4) is 0 Å². The Morgan fingerprint density at radius 2 is 2.31 bits per heavy atom. The lowest BCUT2D eigenvalue weighted by Crippen LogP contribution is -2.29. The minimum atomic E-state index is -0.388. The molecule has 1 atom stereocenters. The van der Waals surface area contributed by atoms with Crippen LogP contribution in [0.25, 0.3) is 0 Å². The Labute approximate surface area is 102 Å². The van der Waals surface area contributed by atoms with Crippen LogP contribution in [0.2, 0.25) is 0 Å². The van der Waals surface area contributed by atoms with Gasteiger partial charge in [-0.3, -0.25) is 4.79 Å². The molecule has 3 N–H and O–H groups in total. The molecule has 16 heavy (non-hydrogen) atoms. The zero-order valence-electron chi connectivity index (χ0n) is 8.69. The van der Waals surface area contributed by atoms with Crippen LogP contribution in [0.4, 0.5) is 5.69 Å². The normalized spacial score (nSPS) is 20.1. The van der Waals surface area contributed by atoms with Gasteiger partial charge in [0, 0.05) is 28.8 Å². The number of halogens is 1. The molecule has 4 nitrogen and oxygen atoms in total. The van der Waals surface area contributed by atoms with E-state index in [1.54, 1.807) is 23.1 Å².